The summed E-state index contributed by atoms with van der Waals surface area (Å²) in [5, 5.41) is 0. The molecular formula is C13H20N2O. The Kier molecular flexibility index (Phi) is 3.80. The Morgan fingerprint density at radius 1 is 1.31 bits per heavy atom. The second-order valence-corrected chi connectivity index (χ2v) is 4.44. The fourth-order valence-corrected chi connectivity index (χ4v) is 2.60. The molecule has 0 saturated heterocycles. The van der Waals surface area contributed by atoms with Crippen molar-refractivity contribution in [2.45, 2.75) is 37.6 Å². The maximum absolute atomic E-state index is 5.62. The number of nitrogens with two attached hydrogens (primary N) is 1. The molecule has 2 rings (SSSR count). The second-order valence-electron chi connectivity index (χ2n) is 4.44. The van der Waals surface area contributed by atoms with Crippen LogP contribution < -0.4 is 16.0 Å². The molecule has 2 unspecified atom stereocenters. The highest BCUT2D eigenvalue weighted by Gasteiger charge is 2.25. The van der Waals surface area contributed by atoms with Crippen molar-refractivity contribution in [3.05, 3.63) is 29.8 Å². The van der Waals surface area contributed by atoms with E-state index >= 15 is 0 Å². The number of hydrogen-bond acceptors (Lipinski definition) is 3. The van der Waals surface area contributed by atoms with Crippen LogP contribution in [0.15, 0.2) is 24.3 Å². The van der Waals surface area contributed by atoms with Crippen molar-refractivity contribution in [2.24, 2.45) is 5.84 Å². The number of benzene rings is 1. The van der Waals surface area contributed by atoms with Gasteiger partial charge in [0.15, 0.2) is 0 Å². The van der Waals surface area contributed by atoms with Gasteiger partial charge in [-0.05, 0) is 30.5 Å². The fourth-order valence-electron chi connectivity index (χ4n) is 2.60. The van der Waals surface area contributed by atoms with Crippen molar-refractivity contribution in [3.63, 3.8) is 0 Å². The fraction of sp³-hybridized carbons (Fsp3) is 0.538. The zero-order chi connectivity index (χ0) is 11.4. The van der Waals surface area contributed by atoms with Gasteiger partial charge in [0.25, 0.3) is 0 Å². The second kappa shape index (κ2) is 5.32. The van der Waals surface area contributed by atoms with E-state index in [2.05, 4.69) is 23.6 Å². The van der Waals surface area contributed by atoms with E-state index in [1.807, 2.05) is 6.07 Å². The molecule has 1 fully saturated rings. The largest absolute Gasteiger partial charge is 0.497 e. The normalized spacial score (nSPS) is 25.4. The van der Waals surface area contributed by atoms with Crippen molar-refractivity contribution in [2.75, 3.05) is 7.11 Å². The summed E-state index contributed by atoms with van der Waals surface area (Å²) in [4.78, 5) is 0. The summed E-state index contributed by atoms with van der Waals surface area (Å²) in [6, 6.07) is 8.73. The van der Waals surface area contributed by atoms with Gasteiger partial charge in [-0.25, -0.2) is 0 Å². The molecule has 1 aromatic rings. The Labute approximate surface area is 97.0 Å². The van der Waals surface area contributed by atoms with Crippen molar-refractivity contribution in [1.82, 2.24) is 5.43 Å². The predicted molar refractivity (Wildman–Crippen MR) is 65.3 cm³/mol. The van der Waals surface area contributed by atoms with Gasteiger partial charge in [0, 0.05) is 12.0 Å². The molecule has 2 atom stereocenters. The van der Waals surface area contributed by atoms with E-state index in [-0.39, 0.29) is 0 Å². The number of nitrogens with one attached hydrogen (secondary N) is 1. The van der Waals surface area contributed by atoms with Gasteiger partial charge in [-0.15, -0.1) is 0 Å². The molecule has 0 aliphatic heterocycles. The van der Waals surface area contributed by atoms with Crippen molar-refractivity contribution in [1.29, 1.82) is 0 Å². The van der Waals surface area contributed by atoms with Crippen molar-refractivity contribution < 1.29 is 4.74 Å². The van der Waals surface area contributed by atoms with Crippen LogP contribution >= 0.6 is 0 Å². The summed E-state index contributed by atoms with van der Waals surface area (Å²) in [6.45, 7) is 0. The zero-order valence-electron chi connectivity index (χ0n) is 9.78. The topological polar surface area (TPSA) is 47.3 Å². The average molecular weight is 220 g/mol. The molecule has 1 aliphatic carbocycles. The molecule has 3 N–H and O–H groups in total. The lowest BCUT2D eigenvalue weighted by Crippen LogP contribution is -2.41. The van der Waals surface area contributed by atoms with Gasteiger partial charge in [0.05, 0.1) is 7.11 Å². The highest BCUT2D eigenvalue weighted by molar-refractivity contribution is 5.32. The van der Waals surface area contributed by atoms with Crippen LogP contribution in [0, 0.1) is 0 Å². The first-order valence-electron chi connectivity index (χ1n) is 5.95. The van der Waals surface area contributed by atoms with Crippen molar-refractivity contribution >= 4 is 0 Å². The van der Waals surface area contributed by atoms with E-state index in [9.17, 15) is 0 Å². The van der Waals surface area contributed by atoms with Crippen LogP contribution in [-0.4, -0.2) is 13.2 Å². The first kappa shape index (κ1) is 11.4. The Morgan fingerprint density at radius 3 is 2.88 bits per heavy atom. The summed E-state index contributed by atoms with van der Waals surface area (Å²) < 4.78 is 5.26. The smallest absolute Gasteiger partial charge is 0.119 e. The Bertz CT molecular complexity index is 340. The van der Waals surface area contributed by atoms with Gasteiger partial charge in [0.1, 0.15) is 5.75 Å². The molecule has 1 saturated carbocycles. The molecule has 1 aliphatic rings. The van der Waals surface area contributed by atoms with Crippen LogP contribution in [0.3, 0.4) is 0 Å². The number of ether oxygens (including phenoxy) is 1. The number of methoxy groups -OCH3 is 1. The third kappa shape index (κ3) is 2.36. The summed E-state index contributed by atoms with van der Waals surface area (Å²) in [5.41, 5.74) is 4.28. The molecule has 88 valence electrons. The predicted octanol–water partition coefficient (Wildman–Crippen LogP) is 2.18. The Balaban J connectivity index is 2.20. The van der Waals surface area contributed by atoms with Crippen LogP contribution in [0.4, 0.5) is 0 Å². The molecule has 0 heterocycles. The van der Waals surface area contributed by atoms with Crippen LogP contribution in [0.1, 0.15) is 37.2 Å². The summed E-state index contributed by atoms with van der Waals surface area (Å²) in [5.74, 6) is 7.07. The minimum Gasteiger partial charge on any atom is -0.497 e. The molecule has 3 heteroatoms. The Hall–Kier alpha value is -1.06. The van der Waals surface area contributed by atoms with E-state index in [4.69, 9.17) is 10.6 Å². The molecule has 0 radical (unpaired) electrons. The van der Waals surface area contributed by atoms with Crippen LogP contribution in [-0.2, 0) is 0 Å². The number of rotatable bonds is 3. The van der Waals surface area contributed by atoms with Gasteiger partial charge in [-0.3, -0.25) is 11.3 Å². The molecule has 0 aromatic heterocycles. The SMILES string of the molecule is COc1cccc(C2CCCCC2NN)c1. The molecule has 3 nitrogen and oxygen atoms in total. The molecule has 16 heavy (non-hydrogen) atoms. The highest BCUT2D eigenvalue weighted by Crippen LogP contribution is 2.33. The van der Waals surface area contributed by atoms with Gasteiger partial charge >= 0.3 is 0 Å². The maximum Gasteiger partial charge on any atom is 0.119 e. The lowest BCUT2D eigenvalue weighted by atomic mass is 9.80. The summed E-state index contributed by atoms with van der Waals surface area (Å²) in [7, 11) is 1.71. The maximum atomic E-state index is 5.62. The minimum absolute atomic E-state index is 0.404. The van der Waals surface area contributed by atoms with E-state index in [0.717, 1.165) is 5.75 Å². The summed E-state index contributed by atoms with van der Waals surface area (Å²) >= 11 is 0. The van der Waals surface area contributed by atoms with Gasteiger partial charge in [0.2, 0.25) is 0 Å². The van der Waals surface area contributed by atoms with E-state index in [1.54, 1.807) is 7.11 Å². The molecule has 0 amide bonds. The van der Waals surface area contributed by atoms with E-state index < -0.39 is 0 Å². The Morgan fingerprint density at radius 2 is 2.12 bits per heavy atom. The molecule has 0 spiro atoms. The number of hydrogen-bond donors (Lipinski definition) is 2. The van der Waals surface area contributed by atoms with Crippen molar-refractivity contribution in [3.8, 4) is 5.75 Å². The molecule has 0 bridgehead atoms. The first-order valence-corrected chi connectivity index (χ1v) is 5.95. The minimum atomic E-state index is 0.404. The van der Waals surface area contributed by atoms with Crippen LogP contribution in [0.2, 0.25) is 0 Å². The first-order chi connectivity index (χ1) is 7.85. The zero-order valence-corrected chi connectivity index (χ0v) is 9.78. The van der Waals surface area contributed by atoms with Gasteiger partial charge in [-0.2, -0.15) is 0 Å². The van der Waals surface area contributed by atoms with E-state index in [1.165, 1.54) is 31.2 Å². The van der Waals surface area contributed by atoms with Crippen LogP contribution in [0.25, 0.3) is 0 Å². The van der Waals surface area contributed by atoms with Gasteiger partial charge in [-0.1, -0.05) is 25.0 Å². The van der Waals surface area contributed by atoms with Gasteiger partial charge < -0.3 is 4.74 Å². The van der Waals surface area contributed by atoms with E-state index in [0.29, 0.717) is 12.0 Å². The molecular weight excluding hydrogens is 200 g/mol. The summed E-state index contributed by atoms with van der Waals surface area (Å²) in [6.07, 6.45) is 4.94. The third-order valence-electron chi connectivity index (χ3n) is 3.50. The highest BCUT2D eigenvalue weighted by atomic mass is 16.5. The quantitative estimate of drug-likeness (QED) is 0.606. The standard InChI is InChI=1S/C13H20N2O/c1-16-11-6-4-5-10(9-11)12-7-2-3-8-13(12)15-14/h4-6,9,12-13,15H,2-3,7-8,14H2,1H3. The molecule has 1 aromatic carbocycles. The lowest BCUT2D eigenvalue weighted by Gasteiger charge is -2.31. The number of hydrazine groups is 1. The van der Waals surface area contributed by atoms with Crippen LogP contribution in [0.5, 0.6) is 5.75 Å². The lowest BCUT2D eigenvalue weighted by molar-refractivity contribution is 0.330. The third-order valence-corrected chi connectivity index (χ3v) is 3.50. The monoisotopic (exact) mass is 220 g/mol. The average Bonchev–Trinajstić information content (AvgIpc) is 2.38.